The Hall–Kier alpha value is -3.35. The maximum Gasteiger partial charge on any atom is 0.226 e. The second-order valence-electron chi connectivity index (χ2n) is 6.76. The molecule has 1 N–H and O–H groups in total. The van der Waals surface area contributed by atoms with E-state index >= 15 is 0 Å². The zero-order valence-electron chi connectivity index (χ0n) is 14.8. The van der Waals surface area contributed by atoms with Gasteiger partial charge in [0.1, 0.15) is 23.9 Å². The number of hydrogen-bond donors (Lipinski definition) is 1. The van der Waals surface area contributed by atoms with Crippen LogP contribution in [-0.4, -0.2) is 27.7 Å². The third kappa shape index (κ3) is 2.54. The molecule has 1 aliphatic heterocycles. The Balaban J connectivity index is 1.54. The summed E-state index contributed by atoms with van der Waals surface area (Å²) in [6, 6.07) is 11.2. The molecule has 136 valence electrons. The van der Waals surface area contributed by atoms with Crippen LogP contribution in [0.3, 0.4) is 0 Å². The van der Waals surface area contributed by atoms with Gasteiger partial charge in [-0.15, -0.1) is 0 Å². The molecular formula is C20H18N4O3. The van der Waals surface area contributed by atoms with Gasteiger partial charge in [-0.05, 0) is 42.2 Å². The molecule has 0 saturated carbocycles. The van der Waals surface area contributed by atoms with Crippen LogP contribution in [0.1, 0.15) is 36.1 Å². The van der Waals surface area contributed by atoms with E-state index in [-0.39, 0.29) is 17.7 Å². The van der Waals surface area contributed by atoms with Gasteiger partial charge in [-0.25, -0.2) is 4.68 Å². The highest BCUT2D eigenvalue weighted by atomic mass is 16.5. The molecule has 27 heavy (non-hydrogen) atoms. The van der Waals surface area contributed by atoms with Crippen molar-refractivity contribution in [1.29, 1.82) is 0 Å². The van der Waals surface area contributed by atoms with E-state index in [1.807, 2.05) is 36.4 Å². The monoisotopic (exact) mass is 362 g/mol. The second kappa shape index (κ2) is 6.12. The van der Waals surface area contributed by atoms with Crippen LogP contribution in [0.5, 0.6) is 5.75 Å². The summed E-state index contributed by atoms with van der Waals surface area (Å²) in [4.78, 5) is 17.4. The van der Waals surface area contributed by atoms with Crippen molar-refractivity contribution in [2.45, 2.75) is 24.8 Å². The summed E-state index contributed by atoms with van der Waals surface area (Å²) in [5.74, 6) is 2.33. The zero-order chi connectivity index (χ0) is 18.4. The molecule has 1 aromatic carbocycles. The number of carbonyl (C=O) groups is 1. The summed E-state index contributed by atoms with van der Waals surface area (Å²) in [7, 11) is 1.65. The maximum absolute atomic E-state index is 13.1. The van der Waals surface area contributed by atoms with Gasteiger partial charge in [0.25, 0.3) is 0 Å². The first-order chi connectivity index (χ1) is 13.2. The van der Waals surface area contributed by atoms with E-state index in [1.54, 1.807) is 18.1 Å². The molecule has 7 nitrogen and oxygen atoms in total. The number of anilines is 1. The summed E-state index contributed by atoms with van der Waals surface area (Å²) in [6.07, 6.45) is 4.29. The van der Waals surface area contributed by atoms with Crippen LogP contribution in [0.15, 0.2) is 64.7 Å². The van der Waals surface area contributed by atoms with Crippen LogP contribution in [0.4, 0.5) is 5.95 Å². The quantitative estimate of drug-likeness (QED) is 0.770. The largest absolute Gasteiger partial charge is 0.497 e. The summed E-state index contributed by atoms with van der Waals surface area (Å²) in [5.41, 5.74) is 2.74. The lowest BCUT2D eigenvalue weighted by molar-refractivity contribution is -0.116. The van der Waals surface area contributed by atoms with Crippen molar-refractivity contribution in [3.63, 3.8) is 0 Å². The fourth-order valence-electron chi connectivity index (χ4n) is 3.97. The lowest BCUT2D eigenvalue weighted by atomic mass is 9.78. The van der Waals surface area contributed by atoms with E-state index < -0.39 is 0 Å². The topological polar surface area (TPSA) is 82.2 Å². The van der Waals surface area contributed by atoms with Crippen LogP contribution in [-0.2, 0) is 4.79 Å². The number of hydrogen-bond acceptors (Lipinski definition) is 6. The fraction of sp³-hybridized carbons (Fsp3) is 0.250. The van der Waals surface area contributed by atoms with E-state index in [0.29, 0.717) is 23.7 Å². The van der Waals surface area contributed by atoms with E-state index in [0.717, 1.165) is 23.4 Å². The summed E-state index contributed by atoms with van der Waals surface area (Å²) in [6.45, 7) is 0. The van der Waals surface area contributed by atoms with Gasteiger partial charge in [-0.2, -0.15) is 10.1 Å². The molecular weight excluding hydrogens is 344 g/mol. The van der Waals surface area contributed by atoms with Crippen molar-refractivity contribution >= 4 is 11.7 Å². The molecule has 1 aliphatic carbocycles. The lowest BCUT2D eigenvalue weighted by Gasteiger charge is -2.34. The molecule has 0 bridgehead atoms. The average Bonchev–Trinajstić information content (AvgIpc) is 3.38. The normalized spacial score (nSPS) is 21.4. The molecule has 2 atom stereocenters. The highest BCUT2D eigenvalue weighted by Crippen LogP contribution is 2.43. The van der Waals surface area contributed by atoms with E-state index in [4.69, 9.17) is 9.15 Å². The molecule has 5 rings (SSSR count). The first-order valence-corrected chi connectivity index (χ1v) is 8.84. The predicted molar refractivity (Wildman–Crippen MR) is 97.5 cm³/mol. The number of nitrogens with one attached hydrogen (secondary N) is 1. The summed E-state index contributed by atoms with van der Waals surface area (Å²) in [5, 5.41) is 7.60. The summed E-state index contributed by atoms with van der Waals surface area (Å²) >= 11 is 0. The molecule has 0 spiro atoms. The lowest BCUT2D eigenvalue weighted by Crippen LogP contribution is -2.33. The number of carbonyl (C=O) groups excluding carboxylic acids is 1. The minimum absolute atomic E-state index is 0.104. The molecule has 0 fully saturated rings. The zero-order valence-corrected chi connectivity index (χ0v) is 14.8. The molecule has 0 radical (unpaired) electrons. The Morgan fingerprint density at radius 2 is 2.07 bits per heavy atom. The number of benzene rings is 1. The maximum atomic E-state index is 13.1. The number of fused-ring (bicyclic) bond motifs is 1. The Kier molecular flexibility index (Phi) is 3.60. The van der Waals surface area contributed by atoms with Crippen molar-refractivity contribution in [1.82, 2.24) is 14.8 Å². The van der Waals surface area contributed by atoms with Crippen molar-refractivity contribution in [3.8, 4) is 5.75 Å². The van der Waals surface area contributed by atoms with Crippen LogP contribution in [0.2, 0.25) is 0 Å². The Labute approximate surface area is 155 Å². The number of ether oxygens (including phenoxy) is 1. The number of allylic oxidation sites excluding steroid dienone is 2. The van der Waals surface area contributed by atoms with Crippen LogP contribution >= 0.6 is 0 Å². The number of methoxy groups -OCH3 is 1. The number of ketones is 1. The van der Waals surface area contributed by atoms with Gasteiger partial charge in [-0.1, -0.05) is 12.1 Å². The third-order valence-corrected chi connectivity index (χ3v) is 5.26. The number of Topliss-reactive ketones (excluding diaryl/α,β-unsaturated/α-hetero) is 1. The molecule has 0 saturated heterocycles. The Bertz CT molecular complexity index is 1020. The number of aromatic nitrogens is 3. The molecule has 0 amide bonds. The van der Waals surface area contributed by atoms with Gasteiger partial charge in [0.2, 0.25) is 5.95 Å². The van der Waals surface area contributed by atoms with Gasteiger partial charge in [-0.3, -0.25) is 4.79 Å². The van der Waals surface area contributed by atoms with Crippen molar-refractivity contribution in [2.24, 2.45) is 0 Å². The Morgan fingerprint density at radius 1 is 1.22 bits per heavy atom. The number of nitrogens with zero attached hydrogens (tertiary/aromatic N) is 3. The van der Waals surface area contributed by atoms with E-state index in [9.17, 15) is 4.79 Å². The number of rotatable bonds is 3. The van der Waals surface area contributed by atoms with E-state index in [1.165, 1.54) is 6.33 Å². The first kappa shape index (κ1) is 15.9. The SMILES string of the molecule is COc1ccc([C@H]2CC(=O)C3=C(C2)Nc2ncnn2[C@@H]3c2ccco2)cc1. The van der Waals surface area contributed by atoms with Crippen LogP contribution in [0, 0.1) is 0 Å². The minimum Gasteiger partial charge on any atom is -0.497 e. The van der Waals surface area contributed by atoms with Gasteiger partial charge in [0.15, 0.2) is 5.78 Å². The van der Waals surface area contributed by atoms with Crippen LogP contribution < -0.4 is 10.1 Å². The van der Waals surface area contributed by atoms with Gasteiger partial charge in [0.05, 0.1) is 13.4 Å². The molecule has 0 unspecified atom stereocenters. The van der Waals surface area contributed by atoms with Gasteiger partial charge in [0, 0.05) is 17.7 Å². The summed E-state index contributed by atoms with van der Waals surface area (Å²) < 4.78 is 12.6. The first-order valence-electron chi connectivity index (χ1n) is 8.84. The van der Waals surface area contributed by atoms with E-state index in [2.05, 4.69) is 15.4 Å². The highest BCUT2D eigenvalue weighted by molar-refractivity contribution is 6.00. The van der Waals surface area contributed by atoms with Gasteiger partial charge >= 0.3 is 0 Å². The smallest absolute Gasteiger partial charge is 0.226 e. The van der Waals surface area contributed by atoms with Gasteiger partial charge < -0.3 is 14.5 Å². The molecule has 3 heterocycles. The van der Waals surface area contributed by atoms with Crippen molar-refractivity contribution in [2.75, 3.05) is 12.4 Å². The van der Waals surface area contributed by atoms with Crippen molar-refractivity contribution < 1.29 is 13.9 Å². The third-order valence-electron chi connectivity index (χ3n) is 5.26. The molecule has 2 aromatic heterocycles. The fourth-order valence-corrected chi connectivity index (χ4v) is 3.97. The standard InChI is InChI=1S/C20H18N4O3/c1-26-14-6-4-12(5-7-14)13-9-15-18(16(25)10-13)19(17-3-2-8-27-17)24-20(23-15)21-11-22-24/h2-8,11,13,19H,9-10H2,1H3,(H,21,22,23)/t13-,19-/m1/s1. The second-order valence-corrected chi connectivity index (χ2v) is 6.76. The highest BCUT2D eigenvalue weighted by Gasteiger charge is 2.40. The molecule has 3 aromatic rings. The Morgan fingerprint density at radius 3 is 2.81 bits per heavy atom. The predicted octanol–water partition coefficient (Wildman–Crippen LogP) is 3.30. The number of furan rings is 1. The average molecular weight is 362 g/mol. The molecule has 2 aliphatic rings. The van der Waals surface area contributed by atoms with Crippen molar-refractivity contribution in [3.05, 3.63) is 71.6 Å². The minimum atomic E-state index is -0.377. The van der Waals surface area contributed by atoms with Crippen LogP contribution in [0.25, 0.3) is 0 Å². The molecule has 7 heteroatoms.